The van der Waals surface area contributed by atoms with Crippen molar-refractivity contribution in [2.45, 2.75) is 33.3 Å². The topological polar surface area (TPSA) is 50.4 Å². The molecule has 0 aliphatic carbocycles. The third kappa shape index (κ3) is 5.26. The van der Waals surface area contributed by atoms with Gasteiger partial charge in [0, 0.05) is 12.1 Å². The number of ether oxygens (including phenoxy) is 1. The molecular formula is C14H20N2O2S. The van der Waals surface area contributed by atoms with E-state index < -0.39 is 0 Å². The zero-order valence-corrected chi connectivity index (χ0v) is 12.3. The van der Waals surface area contributed by atoms with Crippen LogP contribution in [0.2, 0.25) is 0 Å². The molecule has 0 spiro atoms. The standard InChI is InChI=1S/C14H20N2O2S/c1-4-10(3)18-12-8-6-11(7-9-12)13(17)16-14(19)15-5-2/h6-10H,4-5H2,1-3H3,(H2,15,16,17,19). The first-order valence-corrected chi connectivity index (χ1v) is 6.83. The van der Waals surface area contributed by atoms with Crippen molar-refractivity contribution >= 4 is 23.2 Å². The van der Waals surface area contributed by atoms with Gasteiger partial charge in [-0.1, -0.05) is 6.92 Å². The van der Waals surface area contributed by atoms with Crippen molar-refractivity contribution in [2.24, 2.45) is 0 Å². The second kappa shape index (κ2) is 7.74. The van der Waals surface area contributed by atoms with Gasteiger partial charge in [0.1, 0.15) is 5.75 Å². The molecule has 0 saturated heterocycles. The molecule has 0 aliphatic rings. The van der Waals surface area contributed by atoms with Gasteiger partial charge in [-0.15, -0.1) is 0 Å². The first-order valence-electron chi connectivity index (χ1n) is 6.42. The molecule has 0 heterocycles. The Morgan fingerprint density at radius 3 is 2.47 bits per heavy atom. The summed E-state index contributed by atoms with van der Waals surface area (Å²) in [5.74, 6) is 0.543. The van der Waals surface area contributed by atoms with Crippen LogP contribution in [0.15, 0.2) is 24.3 Å². The van der Waals surface area contributed by atoms with Crippen LogP contribution in [0.25, 0.3) is 0 Å². The smallest absolute Gasteiger partial charge is 0.257 e. The number of thiocarbonyl (C=S) groups is 1. The maximum absolute atomic E-state index is 11.8. The second-order valence-corrected chi connectivity index (χ2v) is 4.58. The van der Waals surface area contributed by atoms with Crippen LogP contribution in [0.3, 0.4) is 0 Å². The van der Waals surface area contributed by atoms with E-state index in [1.807, 2.05) is 13.8 Å². The molecule has 1 atom stereocenters. The lowest BCUT2D eigenvalue weighted by Gasteiger charge is -2.13. The average Bonchev–Trinajstić information content (AvgIpc) is 2.39. The Bertz CT molecular complexity index is 432. The molecule has 1 amide bonds. The van der Waals surface area contributed by atoms with E-state index in [9.17, 15) is 4.79 Å². The Morgan fingerprint density at radius 1 is 1.32 bits per heavy atom. The fourth-order valence-corrected chi connectivity index (χ4v) is 1.62. The fraction of sp³-hybridized carbons (Fsp3) is 0.429. The summed E-state index contributed by atoms with van der Waals surface area (Å²) in [7, 11) is 0. The first-order chi connectivity index (χ1) is 9.06. The molecule has 104 valence electrons. The Morgan fingerprint density at radius 2 is 1.95 bits per heavy atom. The van der Waals surface area contributed by atoms with Gasteiger partial charge in [-0.3, -0.25) is 10.1 Å². The van der Waals surface area contributed by atoms with E-state index in [1.165, 1.54) is 0 Å². The second-order valence-electron chi connectivity index (χ2n) is 4.17. The minimum absolute atomic E-state index is 0.168. The molecule has 0 bridgehead atoms. The van der Waals surface area contributed by atoms with Gasteiger partial charge < -0.3 is 10.1 Å². The first kappa shape index (κ1) is 15.4. The zero-order chi connectivity index (χ0) is 14.3. The molecule has 1 unspecified atom stereocenters. The van der Waals surface area contributed by atoms with E-state index in [1.54, 1.807) is 24.3 Å². The molecule has 2 N–H and O–H groups in total. The number of amides is 1. The number of rotatable bonds is 5. The SMILES string of the molecule is CCNC(=S)NC(=O)c1ccc(OC(C)CC)cc1. The lowest BCUT2D eigenvalue weighted by Crippen LogP contribution is -2.38. The van der Waals surface area contributed by atoms with Gasteiger partial charge in [0.2, 0.25) is 0 Å². The minimum atomic E-state index is -0.221. The largest absolute Gasteiger partial charge is 0.491 e. The highest BCUT2D eigenvalue weighted by Gasteiger charge is 2.08. The summed E-state index contributed by atoms with van der Waals surface area (Å²) >= 11 is 4.96. The summed E-state index contributed by atoms with van der Waals surface area (Å²) in [6.07, 6.45) is 1.11. The van der Waals surface area contributed by atoms with Crippen molar-refractivity contribution in [3.05, 3.63) is 29.8 Å². The molecule has 4 nitrogen and oxygen atoms in total. The Hall–Kier alpha value is -1.62. The van der Waals surface area contributed by atoms with Crippen molar-refractivity contribution < 1.29 is 9.53 Å². The van der Waals surface area contributed by atoms with E-state index in [0.717, 1.165) is 12.2 Å². The highest BCUT2D eigenvalue weighted by atomic mass is 32.1. The van der Waals surface area contributed by atoms with Crippen molar-refractivity contribution in [1.29, 1.82) is 0 Å². The Kier molecular flexibility index (Phi) is 6.29. The number of benzene rings is 1. The number of carbonyl (C=O) groups excluding carboxylic acids is 1. The summed E-state index contributed by atoms with van der Waals surface area (Å²) in [5.41, 5.74) is 0.553. The van der Waals surface area contributed by atoms with E-state index >= 15 is 0 Å². The van der Waals surface area contributed by atoms with Crippen LogP contribution in [0.4, 0.5) is 0 Å². The van der Waals surface area contributed by atoms with E-state index in [4.69, 9.17) is 17.0 Å². The van der Waals surface area contributed by atoms with Gasteiger partial charge in [-0.2, -0.15) is 0 Å². The normalized spacial score (nSPS) is 11.5. The van der Waals surface area contributed by atoms with Crippen molar-refractivity contribution in [2.75, 3.05) is 6.54 Å². The number of carbonyl (C=O) groups is 1. The molecule has 0 aromatic heterocycles. The van der Waals surface area contributed by atoms with Crippen molar-refractivity contribution in [3.63, 3.8) is 0 Å². The van der Waals surface area contributed by atoms with Gasteiger partial charge >= 0.3 is 0 Å². The van der Waals surface area contributed by atoms with Gasteiger partial charge in [0.05, 0.1) is 6.10 Å². The third-order valence-corrected chi connectivity index (χ3v) is 2.84. The van der Waals surface area contributed by atoms with Crippen LogP contribution in [0, 0.1) is 0 Å². The number of hydrogen-bond acceptors (Lipinski definition) is 3. The summed E-state index contributed by atoms with van der Waals surface area (Å²) < 4.78 is 5.65. The molecule has 1 aromatic rings. The molecule has 0 fully saturated rings. The van der Waals surface area contributed by atoms with Gasteiger partial charge in [0.15, 0.2) is 5.11 Å². The van der Waals surface area contributed by atoms with Crippen LogP contribution in [-0.2, 0) is 0 Å². The van der Waals surface area contributed by atoms with Crippen LogP contribution in [-0.4, -0.2) is 23.7 Å². The number of nitrogens with one attached hydrogen (secondary N) is 2. The summed E-state index contributed by atoms with van der Waals surface area (Å²) in [6, 6.07) is 7.03. The Balaban J connectivity index is 2.60. The predicted molar refractivity (Wildman–Crippen MR) is 80.6 cm³/mol. The predicted octanol–water partition coefficient (Wildman–Crippen LogP) is 2.49. The highest BCUT2D eigenvalue weighted by molar-refractivity contribution is 7.80. The van der Waals surface area contributed by atoms with Crippen molar-refractivity contribution in [1.82, 2.24) is 10.6 Å². The summed E-state index contributed by atoms with van der Waals surface area (Å²) in [4.78, 5) is 11.8. The summed E-state index contributed by atoms with van der Waals surface area (Å²) in [6.45, 7) is 6.67. The maximum Gasteiger partial charge on any atom is 0.257 e. The molecule has 1 rings (SSSR count). The minimum Gasteiger partial charge on any atom is -0.491 e. The molecule has 0 saturated carbocycles. The third-order valence-electron chi connectivity index (χ3n) is 2.59. The molecule has 19 heavy (non-hydrogen) atoms. The molecule has 5 heteroatoms. The molecule has 1 aromatic carbocycles. The average molecular weight is 280 g/mol. The number of hydrogen-bond donors (Lipinski definition) is 2. The van der Waals surface area contributed by atoms with E-state index in [2.05, 4.69) is 17.6 Å². The molecule has 0 radical (unpaired) electrons. The summed E-state index contributed by atoms with van der Waals surface area (Å²) in [5, 5.41) is 5.82. The highest BCUT2D eigenvalue weighted by Crippen LogP contribution is 2.14. The zero-order valence-electron chi connectivity index (χ0n) is 11.5. The van der Waals surface area contributed by atoms with Crippen LogP contribution >= 0.6 is 12.2 Å². The lowest BCUT2D eigenvalue weighted by atomic mass is 10.2. The van der Waals surface area contributed by atoms with Crippen molar-refractivity contribution in [3.8, 4) is 5.75 Å². The quantitative estimate of drug-likeness (QED) is 0.814. The van der Waals surface area contributed by atoms with Gasteiger partial charge in [-0.25, -0.2) is 0 Å². The monoisotopic (exact) mass is 280 g/mol. The molecular weight excluding hydrogens is 260 g/mol. The van der Waals surface area contributed by atoms with E-state index in [-0.39, 0.29) is 12.0 Å². The van der Waals surface area contributed by atoms with Crippen LogP contribution in [0.5, 0.6) is 5.75 Å². The lowest BCUT2D eigenvalue weighted by molar-refractivity contribution is 0.0976. The molecule has 0 aliphatic heterocycles. The van der Waals surface area contributed by atoms with E-state index in [0.29, 0.717) is 17.2 Å². The fourth-order valence-electron chi connectivity index (χ4n) is 1.38. The van der Waals surface area contributed by atoms with Crippen LogP contribution < -0.4 is 15.4 Å². The Labute approximate surface area is 119 Å². The maximum atomic E-state index is 11.8. The van der Waals surface area contributed by atoms with Gasteiger partial charge in [-0.05, 0) is 56.8 Å². The van der Waals surface area contributed by atoms with Crippen LogP contribution in [0.1, 0.15) is 37.6 Å². The van der Waals surface area contributed by atoms with Gasteiger partial charge in [0.25, 0.3) is 5.91 Å².